The van der Waals surface area contributed by atoms with Crippen LogP contribution in [0.15, 0.2) is 18.6 Å². The zero-order valence-corrected chi connectivity index (χ0v) is 13.3. The van der Waals surface area contributed by atoms with Gasteiger partial charge in [0.25, 0.3) is 0 Å². The summed E-state index contributed by atoms with van der Waals surface area (Å²) in [6.45, 7) is 5.14. The van der Waals surface area contributed by atoms with Crippen molar-refractivity contribution in [3.05, 3.63) is 29.8 Å². The first kappa shape index (κ1) is 15.2. The first-order valence-corrected chi connectivity index (χ1v) is 7.88. The summed E-state index contributed by atoms with van der Waals surface area (Å²) in [5.41, 5.74) is 1.67. The third-order valence-electron chi connectivity index (χ3n) is 4.28. The largest absolute Gasteiger partial charge is 0.387 e. The Hall–Kier alpha value is -1.73. The predicted molar refractivity (Wildman–Crippen MR) is 82.1 cm³/mol. The van der Waals surface area contributed by atoms with Crippen LogP contribution in [-0.4, -0.2) is 53.5 Å². The minimum atomic E-state index is -0.736. The Morgan fingerprint density at radius 1 is 1.41 bits per heavy atom. The standard InChI is InChI=1S/C15H24N6O/c1-3-14-13(9-19(2)17-14)10-20-7-4-5-15(22,11-20)12-21-8-6-16-18-21/h6,8-9,22H,3-5,7,10-12H2,1-2H3. The van der Waals surface area contributed by atoms with E-state index in [1.54, 1.807) is 17.1 Å². The zero-order chi connectivity index (χ0) is 15.6. The highest BCUT2D eigenvalue weighted by Gasteiger charge is 2.34. The van der Waals surface area contributed by atoms with Crippen molar-refractivity contribution in [1.82, 2.24) is 29.7 Å². The summed E-state index contributed by atoms with van der Waals surface area (Å²) in [5.74, 6) is 0. The second kappa shape index (κ2) is 6.18. The number of aliphatic hydroxyl groups is 1. The third-order valence-corrected chi connectivity index (χ3v) is 4.28. The lowest BCUT2D eigenvalue weighted by Gasteiger charge is -2.39. The molecular formula is C15H24N6O. The summed E-state index contributed by atoms with van der Waals surface area (Å²) in [5, 5.41) is 23.1. The molecular weight excluding hydrogens is 280 g/mol. The average Bonchev–Trinajstić information content (AvgIpc) is 3.08. The van der Waals surface area contributed by atoms with E-state index in [1.165, 1.54) is 5.56 Å². The average molecular weight is 304 g/mol. The number of likely N-dealkylation sites (tertiary alicyclic amines) is 1. The molecule has 3 heterocycles. The van der Waals surface area contributed by atoms with Crippen molar-refractivity contribution in [2.75, 3.05) is 13.1 Å². The van der Waals surface area contributed by atoms with Crippen LogP contribution < -0.4 is 0 Å². The Morgan fingerprint density at radius 3 is 3.00 bits per heavy atom. The molecule has 0 radical (unpaired) electrons. The molecule has 7 heteroatoms. The highest BCUT2D eigenvalue weighted by molar-refractivity contribution is 5.17. The van der Waals surface area contributed by atoms with Gasteiger partial charge in [-0.15, -0.1) is 5.10 Å². The Morgan fingerprint density at radius 2 is 2.27 bits per heavy atom. The minimum absolute atomic E-state index is 0.497. The van der Waals surface area contributed by atoms with E-state index in [0.29, 0.717) is 13.1 Å². The number of hydrogen-bond donors (Lipinski definition) is 1. The smallest absolute Gasteiger partial charge is 0.0970 e. The van der Waals surface area contributed by atoms with Crippen LogP contribution in [0.5, 0.6) is 0 Å². The molecule has 1 aliphatic heterocycles. The molecule has 3 rings (SSSR count). The second-order valence-corrected chi connectivity index (χ2v) is 6.27. The highest BCUT2D eigenvalue weighted by Crippen LogP contribution is 2.24. The molecule has 7 nitrogen and oxygen atoms in total. The first-order valence-electron chi connectivity index (χ1n) is 7.88. The first-order chi connectivity index (χ1) is 10.6. The van der Waals surface area contributed by atoms with Crippen LogP contribution in [0.4, 0.5) is 0 Å². The number of β-amino-alcohol motifs (C(OH)–C–C–N with tert-alkyl or cyclic N) is 1. The van der Waals surface area contributed by atoms with Crippen molar-refractivity contribution in [3.63, 3.8) is 0 Å². The molecule has 0 spiro atoms. The lowest BCUT2D eigenvalue weighted by Crippen LogP contribution is -2.50. The van der Waals surface area contributed by atoms with Crippen molar-refractivity contribution >= 4 is 0 Å². The van der Waals surface area contributed by atoms with Crippen molar-refractivity contribution in [3.8, 4) is 0 Å². The molecule has 2 aromatic heterocycles. The van der Waals surface area contributed by atoms with Gasteiger partial charge in [0.1, 0.15) is 0 Å². The van der Waals surface area contributed by atoms with Gasteiger partial charge in [0.15, 0.2) is 0 Å². The Balaban J connectivity index is 1.67. The summed E-state index contributed by atoms with van der Waals surface area (Å²) in [4.78, 5) is 2.32. The van der Waals surface area contributed by atoms with Gasteiger partial charge < -0.3 is 5.11 Å². The predicted octanol–water partition coefficient (Wildman–Crippen LogP) is 0.601. The summed E-state index contributed by atoms with van der Waals surface area (Å²) < 4.78 is 3.59. The van der Waals surface area contributed by atoms with E-state index in [2.05, 4.69) is 33.4 Å². The quantitative estimate of drug-likeness (QED) is 0.876. The van der Waals surface area contributed by atoms with E-state index < -0.39 is 5.60 Å². The maximum Gasteiger partial charge on any atom is 0.0970 e. The molecule has 22 heavy (non-hydrogen) atoms. The van der Waals surface area contributed by atoms with E-state index >= 15 is 0 Å². The Labute approximate surface area is 130 Å². The summed E-state index contributed by atoms with van der Waals surface area (Å²) in [6, 6.07) is 0. The van der Waals surface area contributed by atoms with E-state index in [1.807, 2.05) is 11.7 Å². The summed E-state index contributed by atoms with van der Waals surface area (Å²) in [7, 11) is 1.96. The molecule has 1 saturated heterocycles. The van der Waals surface area contributed by atoms with Crippen molar-refractivity contribution < 1.29 is 5.11 Å². The molecule has 1 N–H and O–H groups in total. The van der Waals surface area contributed by atoms with Gasteiger partial charge in [-0.1, -0.05) is 12.1 Å². The van der Waals surface area contributed by atoms with Gasteiger partial charge >= 0.3 is 0 Å². The van der Waals surface area contributed by atoms with E-state index in [4.69, 9.17) is 0 Å². The molecule has 0 aromatic carbocycles. The number of piperidine rings is 1. The van der Waals surface area contributed by atoms with Crippen LogP contribution in [-0.2, 0) is 26.6 Å². The molecule has 1 aliphatic rings. The van der Waals surface area contributed by atoms with Crippen LogP contribution in [0, 0.1) is 0 Å². The normalized spacial score (nSPS) is 23.0. The van der Waals surface area contributed by atoms with Gasteiger partial charge in [0, 0.05) is 38.1 Å². The van der Waals surface area contributed by atoms with Crippen molar-refractivity contribution in [2.45, 2.75) is 44.9 Å². The Kier molecular flexibility index (Phi) is 4.26. The van der Waals surface area contributed by atoms with Crippen molar-refractivity contribution in [1.29, 1.82) is 0 Å². The zero-order valence-electron chi connectivity index (χ0n) is 13.3. The van der Waals surface area contributed by atoms with Gasteiger partial charge in [-0.2, -0.15) is 5.10 Å². The molecule has 1 fully saturated rings. The number of aromatic nitrogens is 5. The van der Waals surface area contributed by atoms with Crippen LogP contribution in [0.3, 0.4) is 0 Å². The maximum atomic E-state index is 10.9. The summed E-state index contributed by atoms with van der Waals surface area (Å²) >= 11 is 0. The van der Waals surface area contributed by atoms with E-state index in [9.17, 15) is 5.11 Å². The van der Waals surface area contributed by atoms with Crippen LogP contribution in [0.1, 0.15) is 31.0 Å². The second-order valence-electron chi connectivity index (χ2n) is 6.27. The molecule has 0 saturated carbocycles. The van der Waals surface area contributed by atoms with E-state index in [0.717, 1.165) is 38.0 Å². The number of nitrogens with zero attached hydrogens (tertiary/aromatic N) is 6. The van der Waals surface area contributed by atoms with Gasteiger partial charge in [-0.25, -0.2) is 4.68 Å². The fraction of sp³-hybridized carbons (Fsp3) is 0.667. The van der Waals surface area contributed by atoms with Crippen molar-refractivity contribution in [2.24, 2.45) is 7.05 Å². The SMILES string of the molecule is CCc1nn(C)cc1CN1CCCC(O)(Cn2ccnn2)C1. The topological polar surface area (TPSA) is 72.0 Å². The van der Waals surface area contributed by atoms with E-state index in [-0.39, 0.29) is 0 Å². The monoisotopic (exact) mass is 304 g/mol. The molecule has 0 aliphatic carbocycles. The van der Waals surface area contributed by atoms with Crippen LogP contribution in [0.25, 0.3) is 0 Å². The fourth-order valence-corrected chi connectivity index (χ4v) is 3.34. The molecule has 120 valence electrons. The third kappa shape index (κ3) is 3.36. The fourth-order valence-electron chi connectivity index (χ4n) is 3.34. The number of aryl methyl sites for hydroxylation is 2. The number of hydrogen-bond acceptors (Lipinski definition) is 5. The lowest BCUT2D eigenvalue weighted by molar-refractivity contribution is -0.0479. The number of rotatable bonds is 5. The summed E-state index contributed by atoms with van der Waals surface area (Å²) in [6.07, 6.45) is 8.27. The van der Waals surface area contributed by atoms with Gasteiger partial charge in [-0.05, 0) is 25.8 Å². The molecule has 1 atom stereocenters. The van der Waals surface area contributed by atoms with Gasteiger partial charge in [-0.3, -0.25) is 9.58 Å². The maximum absolute atomic E-state index is 10.9. The van der Waals surface area contributed by atoms with Crippen LogP contribution >= 0.6 is 0 Å². The molecule has 0 bridgehead atoms. The van der Waals surface area contributed by atoms with Gasteiger partial charge in [0.2, 0.25) is 0 Å². The lowest BCUT2D eigenvalue weighted by atomic mass is 9.92. The Bertz CT molecular complexity index is 608. The molecule has 2 aromatic rings. The minimum Gasteiger partial charge on any atom is -0.387 e. The molecule has 1 unspecified atom stereocenters. The van der Waals surface area contributed by atoms with Crippen LogP contribution in [0.2, 0.25) is 0 Å². The highest BCUT2D eigenvalue weighted by atomic mass is 16.3. The van der Waals surface area contributed by atoms with Gasteiger partial charge in [0.05, 0.1) is 24.0 Å². The molecule has 0 amide bonds.